The third kappa shape index (κ3) is 7.78. The topological polar surface area (TPSA) is 83.1 Å². The van der Waals surface area contributed by atoms with Crippen LogP contribution in [0, 0.1) is 17.7 Å². The minimum absolute atomic E-state index is 0.00348. The van der Waals surface area contributed by atoms with Gasteiger partial charge in [0.25, 0.3) is 0 Å². The minimum Gasteiger partial charge on any atom is -0.385 e. The number of carbonyl (C=O) groups excluding carboxylic acids is 1. The average Bonchev–Trinajstić information content (AvgIpc) is 2.89. The Morgan fingerprint density at radius 2 is 2.11 bits per heavy atom. The van der Waals surface area contributed by atoms with E-state index in [2.05, 4.69) is 10.6 Å². The van der Waals surface area contributed by atoms with Crippen molar-refractivity contribution in [3.63, 3.8) is 0 Å². The van der Waals surface area contributed by atoms with Gasteiger partial charge in [-0.3, -0.25) is 0 Å². The van der Waals surface area contributed by atoms with Crippen LogP contribution in [-0.4, -0.2) is 75.7 Å². The molecule has 36 heavy (non-hydrogen) atoms. The molecule has 1 aromatic carbocycles. The van der Waals surface area contributed by atoms with E-state index in [4.69, 9.17) is 21.1 Å². The van der Waals surface area contributed by atoms with Gasteiger partial charge in [0.2, 0.25) is 0 Å². The molecule has 0 unspecified atom stereocenters. The molecular weight excluding hydrogens is 485 g/mol. The summed E-state index contributed by atoms with van der Waals surface area (Å²) in [5.74, 6) is -0.346. The van der Waals surface area contributed by atoms with Crippen molar-refractivity contribution < 1.29 is 23.8 Å². The molecule has 3 N–H and O–H groups in total. The first-order chi connectivity index (χ1) is 17.4. The number of rotatable bonds is 12. The fourth-order valence-corrected chi connectivity index (χ4v) is 5.85. The van der Waals surface area contributed by atoms with Crippen molar-refractivity contribution in [2.45, 2.75) is 63.0 Å². The predicted octanol–water partition coefficient (Wildman–Crippen LogP) is 4.31. The second-order valence-electron chi connectivity index (χ2n) is 10.3. The highest BCUT2D eigenvalue weighted by atomic mass is 35.5. The molecule has 3 atom stereocenters. The molecule has 2 aliphatic heterocycles. The largest absolute Gasteiger partial charge is 0.385 e. The number of amides is 2. The number of ether oxygens (including phenoxy) is 2. The van der Waals surface area contributed by atoms with E-state index >= 15 is 4.39 Å². The molecule has 3 rings (SSSR count). The standard InChI is InChI=1S/C27H43ClFN3O4/c1-30-18-22(17-20-10-15-36-16-11-20)31-26(33)32-13-6-7-21(19-32)27(34,12-3-4-14-35-2)23-8-5-9-24(28)25(23)29/h5,8-9,20-22,30,34H,3-4,6-7,10-19H2,1-2H3,(H,31,33)/t21-,22-,27+/m1/s1. The maximum atomic E-state index is 15.1. The van der Waals surface area contributed by atoms with Crippen molar-refractivity contribution in [2.75, 3.05) is 53.6 Å². The van der Waals surface area contributed by atoms with Gasteiger partial charge in [0, 0.05) is 64.1 Å². The number of likely N-dealkylation sites (N-methyl/N-ethyl adjacent to an activating group) is 1. The Morgan fingerprint density at radius 3 is 2.83 bits per heavy atom. The molecule has 0 bridgehead atoms. The highest BCUT2D eigenvalue weighted by Gasteiger charge is 2.43. The van der Waals surface area contributed by atoms with Crippen molar-refractivity contribution in [2.24, 2.45) is 11.8 Å². The molecule has 0 aliphatic carbocycles. The lowest BCUT2D eigenvalue weighted by Gasteiger charge is -2.43. The lowest BCUT2D eigenvalue weighted by atomic mass is 9.74. The van der Waals surface area contributed by atoms with Gasteiger partial charge in [-0.05, 0) is 70.4 Å². The second-order valence-corrected chi connectivity index (χ2v) is 10.7. The normalized spacial score (nSPS) is 21.7. The molecule has 0 aromatic heterocycles. The van der Waals surface area contributed by atoms with Crippen LogP contribution in [0.15, 0.2) is 18.2 Å². The maximum Gasteiger partial charge on any atom is 0.317 e. The number of benzene rings is 1. The number of methoxy groups -OCH3 is 1. The van der Waals surface area contributed by atoms with Gasteiger partial charge in [-0.2, -0.15) is 0 Å². The van der Waals surface area contributed by atoms with Crippen molar-refractivity contribution >= 4 is 17.6 Å². The van der Waals surface area contributed by atoms with Crippen LogP contribution in [0.3, 0.4) is 0 Å². The predicted molar refractivity (Wildman–Crippen MR) is 140 cm³/mol. The fraction of sp³-hybridized carbons (Fsp3) is 0.741. The third-order valence-corrected chi connectivity index (χ3v) is 7.99. The third-order valence-electron chi connectivity index (χ3n) is 7.70. The molecule has 0 radical (unpaired) electrons. The summed E-state index contributed by atoms with van der Waals surface area (Å²) in [6, 6.07) is 4.68. The van der Waals surface area contributed by atoms with Crippen LogP contribution in [-0.2, 0) is 15.1 Å². The number of halogens is 2. The maximum absolute atomic E-state index is 15.1. The number of aliphatic hydroxyl groups is 1. The summed E-state index contributed by atoms with van der Waals surface area (Å²) >= 11 is 6.09. The number of hydrogen-bond acceptors (Lipinski definition) is 5. The van der Waals surface area contributed by atoms with Gasteiger partial charge in [-0.15, -0.1) is 0 Å². The van der Waals surface area contributed by atoms with Crippen LogP contribution < -0.4 is 10.6 Å². The van der Waals surface area contributed by atoms with E-state index in [1.165, 1.54) is 6.07 Å². The molecule has 0 spiro atoms. The Balaban J connectivity index is 1.72. The quantitative estimate of drug-likeness (QED) is 0.353. The molecule has 204 valence electrons. The summed E-state index contributed by atoms with van der Waals surface area (Å²) in [5.41, 5.74) is -1.21. The zero-order chi connectivity index (χ0) is 26.0. The van der Waals surface area contributed by atoms with Gasteiger partial charge in [-0.25, -0.2) is 9.18 Å². The van der Waals surface area contributed by atoms with Gasteiger partial charge in [0.05, 0.1) is 10.6 Å². The Kier molecular flexibility index (Phi) is 11.7. The lowest BCUT2D eigenvalue weighted by Crippen LogP contribution is -2.54. The molecule has 2 heterocycles. The Labute approximate surface area is 220 Å². The smallest absolute Gasteiger partial charge is 0.317 e. The van der Waals surface area contributed by atoms with E-state index in [0.717, 1.165) is 45.3 Å². The summed E-state index contributed by atoms with van der Waals surface area (Å²) in [6.45, 7) is 3.81. The zero-order valence-corrected chi connectivity index (χ0v) is 22.5. The first-order valence-corrected chi connectivity index (χ1v) is 13.7. The highest BCUT2D eigenvalue weighted by Crippen LogP contribution is 2.42. The summed E-state index contributed by atoms with van der Waals surface area (Å²) in [7, 11) is 3.53. The van der Waals surface area contributed by atoms with Crippen molar-refractivity contribution in [1.29, 1.82) is 0 Å². The van der Waals surface area contributed by atoms with E-state index in [0.29, 0.717) is 51.4 Å². The molecule has 2 aliphatic rings. The van der Waals surface area contributed by atoms with Crippen LogP contribution in [0.2, 0.25) is 5.02 Å². The second kappa shape index (κ2) is 14.5. The number of unbranched alkanes of at least 4 members (excludes halogenated alkanes) is 1. The van der Waals surface area contributed by atoms with Crippen LogP contribution in [0.4, 0.5) is 9.18 Å². The lowest BCUT2D eigenvalue weighted by molar-refractivity contribution is -0.0587. The van der Waals surface area contributed by atoms with Crippen LogP contribution in [0.25, 0.3) is 0 Å². The number of likely N-dealkylation sites (tertiary alicyclic amines) is 1. The molecule has 2 amide bonds. The summed E-state index contributed by atoms with van der Waals surface area (Å²) in [4.78, 5) is 15.1. The van der Waals surface area contributed by atoms with Gasteiger partial charge >= 0.3 is 6.03 Å². The molecule has 7 nitrogen and oxygen atoms in total. The Morgan fingerprint density at radius 1 is 1.33 bits per heavy atom. The SMILES string of the molecule is CNC[C@@H](CC1CCOCC1)NC(=O)N1CCC[C@@H]([C@@](O)(CCCCOC)c2cccc(Cl)c2F)C1. The van der Waals surface area contributed by atoms with Crippen molar-refractivity contribution in [1.82, 2.24) is 15.5 Å². The van der Waals surface area contributed by atoms with Crippen LogP contribution in [0.5, 0.6) is 0 Å². The Bertz CT molecular complexity index is 826. The molecular formula is C27H43ClFN3O4. The zero-order valence-electron chi connectivity index (χ0n) is 21.7. The van der Waals surface area contributed by atoms with Gasteiger partial charge in [-0.1, -0.05) is 23.7 Å². The first kappa shape index (κ1) is 29.1. The van der Waals surface area contributed by atoms with E-state index in [-0.39, 0.29) is 28.6 Å². The van der Waals surface area contributed by atoms with Gasteiger partial charge in [0.15, 0.2) is 0 Å². The number of nitrogens with one attached hydrogen (secondary N) is 2. The van der Waals surface area contributed by atoms with E-state index in [1.807, 2.05) is 7.05 Å². The molecule has 2 saturated heterocycles. The van der Waals surface area contributed by atoms with E-state index in [9.17, 15) is 9.90 Å². The number of carbonyl (C=O) groups is 1. The van der Waals surface area contributed by atoms with E-state index < -0.39 is 11.4 Å². The molecule has 1 aromatic rings. The summed E-state index contributed by atoms with van der Waals surface area (Å²) in [6.07, 6.45) is 6.20. The fourth-order valence-electron chi connectivity index (χ4n) is 5.68. The van der Waals surface area contributed by atoms with Gasteiger partial charge < -0.3 is 30.1 Å². The molecule has 2 fully saturated rings. The summed E-state index contributed by atoms with van der Waals surface area (Å²) in [5, 5.41) is 18.4. The number of nitrogens with zero attached hydrogens (tertiary/aromatic N) is 1. The van der Waals surface area contributed by atoms with Crippen molar-refractivity contribution in [3.8, 4) is 0 Å². The number of urea groups is 1. The van der Waals surface area contributed by atoms with Gasteiger partial charge in [0.1, 0.15) is 5.82 Å². The van der Waals surface area contributed by atoms with Crippen LogP contribution >= 0.6 is 11.6 Å². The molecule has 9 heteroatoms. The summed E-state index contributed by atoms with van der Waals surface area (Å²) < 4.78 is 25.8. The number of hydrogen-bond donors (Lipinski definition) is 3. The monoisotopic (exact) mass is 527 g/mol. The van der Waals surface area contributed by atoms with Crippen molar-refractivity contribution in [3.05, 3.63) is 34.6 Å². The average molecular weight is 528 g/mol. The minimum atomic E-state index is -1.42. The van der Waals surface area contributed by atoms with E-state index in [1.54, 1.807) is 24.1 Å². The molecule has 0 saturated carbocycles. The highest BCUT2D eigenvalue weighted by molar-refractivity contribution is 6.30. The first-order valence-electron chi connectivity index (χ1n) is 13.3. The number of piperidine rings is 1. The van der Waals surface area contributed by atoms with Crippen LogP contribution in [0.1, 0.15) is 56.9 Å². The Hall–Kier alpha value is -1.45.